The molecule has 0 saturated carbocycles. The SMILES string of the molecule is Cn1nccc1S(=O)(=O)N1CCN(Cc2cccc3ccccc23)CC1. The van der Waals surface area contributed by atoms with Gasteiger partial charge in [0.05, 0.1) is 6.20 Å². The molecule has 6 nitrogen and oxygen atoms in total. The first kappa shape index (κ1) is 17.2. The minimum absolute atomic E-state index is 0.250. The summed E-state index contributed by atoms with van der Waals surface area (Å²) in [5.74, 6) is 0. The maximum atomic E-state index is 12.8. The van der Waals surface area contributed by atoms with Gasteiger partial charge in [-0.2, -0.15) is 9.40 Å². The third-order valence-electron chi connectivity index (χ3n) is 4.99. The lowest BCUT2D eigenvalue weighted by Gasteiger charge is -2.34. The Bertz CT molecular complexity index is 1020. The first-order valence-electron chi connectivity index (χ1n) is 8.73. The predicted octanol–water partition coefficient (Wildman–Crippen LogP) is 2.08. The number of nitrogens with zero attached hydrogens (tertiary/aromatic N) is 4. The Morgan fingerprint density at radius 1 is 0.962 bits per heavy atom. The van der Waals surface area contributed by atoms with E-state index in [1.807, 2.05) is 6.07 Å². The molecule has 26 heavy (non-hydrogen) atoms. The Hall–Kier alpha value is -2.22. The fraction of sp³-hybridized carbons (Fsp3) is 0.316. The molecule has 3 aromatic rings. The highest BCUT2D eigenvalue weighted by Gasteiger charge is 2.30. The van der Waals surface area contributed by atoms with E-state index in [4.69, 9.17) is 0 Å². The summed E-state index contributed by atoms with van der Waals surface area (Å²) < 4.78 is 28.5. The van der Waals surface area contributed by atoms with E-state index in [2.05, 4.69) is 46.4 Å². The van der Waals surface area contributed by atoms with Crippen LogP contribution in [-0.2, 0) is 23.6 Å². The lowest BCUT2D eigenvalue weighted by atomic mass is 10.0. The molecular formula is C19H22N4O2S. The Morgan fingerprint density at radius 2 is 1.69 bits per heavy atom. The molecule has 136 valence electrons. The van der Waals surface area contributed by atoms with Gasteiger partial charge in [-0.25, -0.2) is 8.42 Å². The molecule has 1 saturated heterocycles. The lowest BCUT2D eigenvalue weighted by molar-refractivity contribution is 0.181. The number of hydrogen-bond donors (Lipinski definition) is 0. The second-order valence-electron chi connectivity index (χ2n) is 6.61. The summed E-state index contributed by atoms with van der Waals surface area (Å²) in [4.78, 5) is 2.32. The Kier molecular flexibility index (Phi) is 4.52. The molecule has 1 aromatic heterocycles. The van der Waals surface area contributed by atoms with Crippen molar-refractivity contribution in [2.45, 2.75) is 11.6 Å². The fourth-order valence-corrected chi connectivity index (χ4v) is 5.07. The van der Waals surface area contributed by atoms with Gasteiger partial charge in [-0.1, -0.05) is 42.5 Å². The van der Waals surface area contributed by atoms with Gasteiger partial charge in [-0.15, -0.1) is 0 Å². The van der Waals surface area contributed by atoms with Crippen LogP contribution < -0.4 is 0 Å². The van der Waals surface area contributed by atoms with Crippen LogP contribution in [0.5, 0.6) is 0 Å². The average Bonchev–Trinajstić information content (AvgIpc) is 3.09. The van der Waals surface area contributed by atoms with E-state index < -0.39 is 10.0 Å². The molecule has 7 heteroatoms. The average molecular weight is 370 g/mol. The number of hydrogen-bond acceptors (Lipinski definition) is 4. The quantitative estimate of drug-likeness (QED) is 0.706. The highest BCUT2D eigenvalue weighted by atomic mass is 32.2. The van der Waals surface area contributed by atoms with Gasteiger partial charge >= 0.3 is 0 Å². The van der Waals surface area contributed by atoms with E-state index in [9.17, 15) is 8.42 Å². The molecule has 2 heterocycles. The highest BCUT2D eigenvalue weighted by Crippen LogP contribution is 2.22. The van der Waals surface area contributed by atoms with Crippen LogP contribution in [0.15, 0.2) is 59.8 Å². The summed E-state index contributed by atoms with van der Waals surface area (Å²) in [7, 11) is -1.82. The number of sulfonamides is 1. The molecule has 0 amide bonds. The summed E-state index contributed by atoms with van der Waals surface area (Å²) in [6, 6.07) is 16.3. The summed E-state index contributed by atoms with van der Waals surface area (Å²) in [5, 5.41) is 6.73. The van der Waals surface area contributed by atoms with Crippen LogP contribution >= 0.6 is 0 Å². The fourth-order valence-electron chi connectivity index (χ4n) is 3.55. The molecule has 0 spiro atoms. The van der Waals surface area contributed by atoms with Crippen LogP contribution in [0.4, 0.5) is 0 Å². The number of fused-ring (bicyclic) bond motifs is 1. The van der Waals surface area contributed by atoms with Crippen molar-refractivity contribution >= 4 is 20.8 Å². The van der Waals surface area contributed by atoms with Crippen molar-refractivity contribution in [3.05, 3.63) is 60.3 Å². The van der Waals surface area contributed by atoms with E-state index in [1.165, 1.54) is 27.2 Å². The Morgan fingerprint density at radius 3 is 2.42 bits per heavy atom. The smallest absolute Gasteiger partial charge is 0.260 e. The van der Waals surface area contributed by atoms with E-state index >= 15 is 0 Å². The predicted molar refractivity (Wildman–Crippen MR) is 101 cm³/mol. The van der Waals surface area contributed by atoms with E-state index in [0.717, 1.165) is 19.6 Å². The zero-order valence-electron chi connectivity index (χ0n) is 14.7. The molecule has 4 rings (SSSR count). The first-order valence-corrected chi connectivity index (χ1v) is 10.2. The third-order valence-corrected chi connectivity index (χ3v) is 6.96. The third kappa shape index (κ3) is 3.13. The van der Waals surface area contributed by atoms with Gasteiger partial charge in [-0.05, 0) is 22.4 Å². The molecule has 0 N–H and O–H groups in total. The van der Waals surface area contributed by atoms with Crippen molar-refractivity contribution in [2.75, 3.05) is 26.2 Å². The van der Waals surface area contributed by atoms with Crippen LogP contribution in [0, 0.1) is 0 Å². The van der Waals surface area contributed by atoms with Gasteiger partial charge in [0.25, 0.3) is 10.0 Å². The van der Waals surface area contributed by atoms with Crippen molar-refractivity contribution in [2.24, 2.45) is 7.05 Å². The maximum Gasteiger partial charge on any atom is 0.260 e. The van der Waals surface area contributed by atoms with Crippen molar-refractivity contribution < 1.29 is 8.42 Å². The molecule has 2 aromatic carbocycles. The minimum atomic E-state index is -3.47. The summed E-state index contributed by atoms with van der Waals surface area (Å²) in [6.07, 6.45) is 1.52. The molecule has 0 bridgehead atoms. The zero-order valence-corrected chi connectivity index (χ0v) is 15.6. The molecule has 1 aliphatic heterocycles. The minimum Gasteiger partial charge on any atom is -0.296 e. The first-order chi connectivity index (χ1) is 12.6. The van der Waals surface area contributed by atoms with Crippen molar-refractivity contribution in [1.82, 2.24) is 19.0 Å². The van der Waals surface area contributed by atoms with Crippen LogP contribution in [0.1, 0.15) is 5.56 Å². The maximum absolute atomic E-state index is 12.8. The highest BCUT2D eigenvalue weighted by molar-refractivity contribution is 7.89. The standard InChI is InChI=1S/C19H22N4O2S/c1-21-19(9-10-20-21)26(24,25)23-13-11-22(12-14-23)15-17-7-4-6-16-5-2-3-8-18(16)17/h2-10H,11-15H2,1H3. The van der Waals surface area contributed by atoms with Gasteiger partial charge in [0.15, 0.2) is 5.03 Å². The second kappa shape index (κ2) is 6.83. The van der Waals surface area contributed by atoms with Crippen LogP contribution in [0.3, 0.4) is 0 Å². The van der Waals surface area contributed by atoms with E-state index in [1.54, 1.807) is 17.4 Å². The molecular weight excluding hydrogens is 348 g/mol. The molecule has 0 aliphatic carbocycles. The number of benzene rings is 2. The zero-order chi connectivity index (χ0) is 18.1. The van der Waals surface area contributed by atoms with Crippen molar-refractivity contribution in [3.8, 4) is 0 Å². The summed E-state index contributed by atoms with van der Waals surface area (Å²) >= 11 is 0. The summed E-state index contributed by atoms with van der Waals surface area (Å²) in [6.45, 7) is 3.28. The normalized spacial score (nSPS) is 17.0. The summed E-state index contributed by atoms with van der Waals surface area (Å²) in [5.41, 5.74) is 1.28. The van der Waals surface area contributed by atoms with Crippen LogP contribution in [0.25, 0.3) is 10.8 Å². The van der Waals surface area contributed by atoms with E-state index in [0.29, 0.717) is 13.1 Å². The van der Waals surface area contributed by atoms with Crippen molar-refractivity contribution in [1.29, 1.82) is 0 Å². The number of rotatable bonds is 4. The van der Waals surface area contributed by atoms with Crippen LogP contribution in [-0.4, -0.2) is 53.6 Å². The van der Waals surface area contributed by atoms with Gasteiger partial charge < -0.3 is 0 Å². The van der Waals surface area contributed by atoms with Gasteiger partial charge in [0.2, 0.25) is 0 Å². The topological polar surface area (TPSA) is 58.4 Å². The largest absolute Gasteiger partial charge is 0.296 e. The van der Waals surface area contributed by atoms with Gasteiger partial charge in [0.1, 0.15) is 0 Å². The van der Waals surface area contributed by atoms with E-state index in [-0.39, 0.29) is 5.03 Å². The molecule has 0 unspecified atom stereocenters. The molecule has 1 aliphatic rings. The molecule has 1 fully saturated rings. The Balaban J connectivity index is 1.46. The second-order valence-corrected chi connectivity index (χ2v) is 8.50. The Labute approximate surface area is 153 Å². The van der Waals surface area contributed by atoms with Crippen molar-refractivity contribution in [3.63, 3.8) is 0 Å². The van der Waals surface area contributed by atoms with Gasteiger partial charge in [-0.3, -0.25) is 9.58 Å². The monoisotopic (exact) mass is 370 g/mol. The van der Waals surface area contributed by atoms with Crippen LogP contribution in [0.2, 0.25) is 0 Å². The lowest BCUT2D eigenvalue weighted by Crippen LogP contribution is -2.48. The number of aryl methyl sites for hydroxylation is 1. The number of aromatic nitrogens is 2. The van der Waals surface area contributed by atoms with Gasteiger partial charge in [0, 0.05) is 39.8 Å². The molecule has 0 atom stereocenters. The number of piperazine rings is 1. The molecule has 0 radical (unpaired) electrons.